The van der Waals surface area contributed by atoms with Crippen molar-refractivity contribution in [1.82, 2.24) is 25.2 Å². The molecule has 0 fully saturated rings. The Labute approximate surface area is 197 Å². The maximum Gasteiger partial charge on any atom is 0.272 e. The van der Waals surface area contributed by atoms with Gasteiger partial charge in [-0.05, 0) is 41.1 Å². The van der Waals surface area contributed by atoms with Crippen molar-refractivity contribution in [3.63, 3.8) is 0 Å². The summed E-state index contributed by atoms with van der Waals surface area (Å²) >= 11 is 3.45. The second-order valence-electron chi connectivity index (χ2n) is 7.44. The van der Waals surface area contributed by atoms with Crippen LogP contribution in [0, 0.1) is 0 Å². The highest BCUT2D eigenvalue weighted by atomic mass is 79.9. The van der Waals surface area contributed by atoms with E-state index in [9.17, 15) is 4.79 Å². The van der Waals surface area contributed by atoms with E-state index in [-0.39, 0.29) is 5.91 Å². The number of aryl methyl sites for hydroxylation is 1. The van der Waals surface area contributed by atoms with Crippen molar-refractivity contribution in [2.75, 3.05) is 5.32 Å². The summed E-state index contributed by atoms with van der Waals surface area (Å²) in [5.74, 6) is 0.851. The van der Waals surface area contributed by atoms with Gasteiger partial charge >= 0.3 is 0 Å². The summed E-state index contributed by atoms with van der Waals surface area (Å²) in [5, 5.41) is 18.0. The number of amides is 1. The number of tetrazole rings is 1. The third-order valence-corrected chi connectivity index (χ3v) is 5.80. The van der Waals surface area contributed by atoms with Crippen LogP contribution in [0.2, 0.25) is 0 Å². The van der Waals surface area contributed by atoms with Gasteiger partial charge in [-0.1, -0.05) is 58.4 Å². The van der Waals surface area contributed by atoms with Gasteiger partial charge in [-0.25, -0.2) is 0 Å². The fourth-order valence-electron chi connectivity index (χ4n) is 3.72. The Kier molecular flexibility index (Phi) is 5.62. The normalized spacial score (nSPS) is 11.0. The molecular weight excluding hydrogens is 484 g/mol. The monoisotopic (exact) mass is 502 g/mol. The molecule has 164 valence electrons. The van der Waals surface area contributed by atoms with Crippen molar-refractivity contribution in [3.8, 4) is 17.1 Å². The standard InChI is InChI=1S/C24H19BrN6O2/c1-31-20(24(32)26-19-11-10-17(25)13-18(19)23-27-29-30-28-23)12-16-8-5-9-21(22(16)31)33-14-15-6-3-2-4-7-15/h2-13H,14H2,1H3,(H,26,32)(H,27,28,29,30). The number of nitrogens with zero attached hydrogens (tertiary/aromatic N) is 4. The molecule has 33 heavy (non-hydrogen) atoms. The molecule has 0 aliphatic rings. The molecule has 2 heterocycles. The molecule has 2 aromatic heterocycles. The lowest BCUT2D eigenvalue weighted by atomic mass is 10.1. The lowest BCUT2D eigenvalue weighted by molar-refractivity contribution is 0.102. The smallest absolute Gasteiger partial charge is 0.272 e. The van der Waals surface area contributed by atoms with Gasteiger partial charge in [-0.3, -0.25) is 4.79 Å². The number of ether oxygens (including phenoxy) is 1. The highest BCUT2D eigenvalue weighted by molar-refractivity contribution is 9.10. The van der Waals surface area contributed by atoms with Gasteiger partial charge < -0.3 is 14.6 Å². The molecule has 0 spiro atoms. The highest BCUT2D eigenvalue weighted by Crippen LogP contribution is 2.31. The maximum absolute atomic E-state index is 13.3. The summed E-state index contributed by atoms with van der Waals surface area (Å²) in [6.07, 6.45) is 0. The van der Waals surface area contributed by atoms with Crippen molar-refractivity contribution in [3.05, 3.63) is 88.5 Å². The summed E-state index contributed by atoms with van der Waals surface area (Å²) in [5.41, 5.74) is 3.66. The Morgan fingerprint density at radius 3 is 2.73 bits per heavy atom. The predicted molar refractivity (Wildman–Crippen MR) is 129 cm³/mol. The predicted octanol–water partition coefficient (Wildman–Crippen LogP) is 4.95. The van der Waals surface area contributed by atoms with Crippen LogP contribution in [0.3, 0.4) is 0 Å². The Bertz CT molecular complexity index is 1430. The van der Waals surface area contributed by atoms with Crippen molar-refractivity contribution >= 4 is 38.4 Å². The minimum Gasteiger partial charge on any atom is -0.487 e. The number of rotatable bonds is 6. The minimum absolute atomic E-state index is 0.255. The molecule has 5 aromatic rings. The average Bonchev–Trinajstić information content (AvgIpc) is 3.48. The topological polar surface area (TPSA) is 97.7 Å². The van der Waals surface area contributed by atoms with Crippen molar-refractivity contribution in [2.24, 2.45) is 7.05 Å². The van der Waals surface area contributed by atoms with Crippen LogP contribution in [0.15, 0.2) is 77.3 Å². The summed E-state index contributed by atoms with van der Waals surface area (Å²) < 4.78 is 8.78. The zero-order valence-electron chi connectivity index (χ0n) is 17.6. The molecular formula is C24H19BrN6O2. The first-order valence-electron chi connectivity index (χ1n) is 10.2. The molecule has 0 atom stereocenters. The SMILES string of the molecule is Cn1c(C(=O)Nc2ccc(Br)cc2-c2nn[nH]n2)cc2cccc(OCc3ccccc3)c21. The number of hydrogen-bond donors (Lipinski definition) is 2. The van der Waals surface area contributed by atoms with Crippen LogP contribution in [0.5, 0.6) is 5.75 Å². The van der Waals surface area contributed by atoms with Gasteiger partial charge in [0.05, 0.1) is 11.2 Å². The second kappa shape index (κ2) is 8.87. The van der Waals surface area contributed by atoms with Crippen LogP contribution in [-0.4, -0.2) is 31.1 Å². The van der Waals surface area contributed by atoms with Crippen LogP contribution in [0.1, 0.15) is 16.1 Å². The molecule has 2 N–H and O–H groups in total. The first-order chi connectivity index (χ1) is 16.1. The zero-order valence-corrected chi connectivity index (χ0v) is 19.2. The summed E-state index contributed by atoms with van der Waals surface area (Å²) in [6.45, 7) is 0.444. The van der Waals surface area contributed by atoms with E-state index in [1.165, 1.54) is 0 Å². The van der Waals surface area contributed by atoms with Crippen molar-refractivity contribution < 1.29 is 9.53 Å². The number of halogens is 1. The Hall–Kier alpha value is -3.98. The number of carbonyl (C=O) groups is 1. The Morgan fingerprint density at radius 2 is 1.94 bits per heavy atom. The zero-order chi connectivity index (χ0) is 22.8. The van der Waals surface area contributed by atoms with Crippen LogP contribution in [-0.2, 0) is 13.7 Å². The molecule has 0 saturated carbocycles. The summed E-state index contributed by atoms with van der Waals surface area (Å²) in [7, 11) is 1.86. The molecule has 0 bridgehead atoms. The largest absolute Gasteiger partial charge is 0.487 e. The molecule has 5 rings (SSSR count). The molecule has 0 aliphatic heterocycles. The number of para-hydroxylation sites is 1. The number of fused-ring (bicyclic) bond motifs is 1. The van der Waals surface area contributed by atoms with E-state index >= 15 is 0 Å². The van der Waals surface area contributed by atoms with Gasteiger partial charge in [0.2, 0.25) is 5.82 Å². The molecule has 0 saturated heterocycles. The average molecular weight is 503 g/mol. The molecule has 0 aliphatic carbocycles. The number of hydrogen-bond acceptors (Lipinski definition) is 5. The summed E-state index contributed by atoms with van der Waals surface area (Å²) in [4.78, 5) is 13.3. The number of carbonyl (C=O) groups excluding carboxylic acids is 1. The number of aromatic amines is 1. The van der Waals surface area contributed by atoms with E-state index in [4.69, 9.17) is 4.74 Å². The molecule has 0 radical (unpaired) electrons. The van der Waals surface area contributed by atoms with Gasteiger partial charge in [0.1, 0.15) is 18.1 Å². The van der Waals surface area contributed by atoms with Crippen LogP contribution in [0.4, 0.5) is 5.69 Å². The fraction of sp³-hybridized carbons (Fsp3) is 0.0833. The number of anilines is 1. The number of H-pyrrole nitrogens is 1. The third kappa shape index (κ3) is 4.22. The highest BCUT2D eigenvalue weighted by Gasteiger charge is 2.19. The van der Waals surface area contributed by atoms with E-state index in [1.807, 2.05) is 78.3 Å². The molecule has 8 nitrogen and oxygen atoms in total. The van der Waals surface area contributed by atoms with E-state index < -0.39 is 0 Å². The fourth-order valence-corrected chi connectivity index (χ4v) is 4.08. The number of benzene rings is 3. The van der Waals surface area contributed by atoms with E-state index in [2.05, 4.69) is 41.9 Å². The van der Waals surface area contributed by atoms with Crippen LogP contribution in [0.25, 0.3) is 22.3 Å². The lowest BCUT2D eigenvalue weighted by Gasteiger charge is -2.12. The first-order valence-corrected chi connectivity index (χ1v) is 11.0. The van der Waals surface area contributed by atoms with Gasteiger partial charge in [-0.2, -0.15) is 5.21 Å². The van der Waals surface area contributed by atoms with Crippen molar-refractivity contribution in [2.45, 2.75) is 6.61 Å². The van der Waals surface area contributed by atoms with E-state index in [0.29, 0.717) is 35.1 Å². The third-order valence-electron chi connectivity index (χ3n) is 5.31. The van der Waals surface area contributed by atoms with E-state index in [1.54, 1.807) is 6.07 Å². The molecule has 0 unspecified atom stereocenters. The van der Waals surface area contributed by atoms with Gasteiger partial charge in [0.25, 0.3) is 5.91 Å². The Balaban J connectivity index is 1.45. The van der Waals surface area contributed by atoms with Gasteiger partial charge in [0.15, 0.2) is 0 Å². The number of nitrogens with one attached hydrogen (secondary N) is 2. The van der Waals surface area contributed by atoms with Crippen LogP contribution >= 0.6 is 15.9 Å². The second-order valence-corrected chi connectivity index (χ2v) is 8.35. The van der Waals surface area contributed by atoms with Gasteiger partial charge in [-0.15, -0.1) is 10.2 Å². The van der Waals surface area contributed by atoms with Gasteiger partial charge in [0, 0.05) is 22.5 Å². The Morgan fingerprint density at radius 1 is 1.09 bits per heavy atom. The first kappa shape index (κ1) is 20.9. The van der Waals surface area contributed by atoms with E-state index in [0.717, 1.165) is 20.9 Å². The summed E-state index contributed by atoms with van der Waals surface area (Å²) in [6, 6.07) is 23.1. The van der Waals surface area contributed by atoms with Crippen LogP contribution < -0.4 is 10.1 Å². The lowest BCUT2D eigenvalue weighted by Crippen LogP contribution is -2.16. The quantitative estimate of drug-likeness (QED) is 0.342. The van der Waals surface area contributed by atoms with Crippen molar-refractivity contribution in [1.29, 1.82) is 0 Å². The maximum atomic E-state index is 13.3. The minimum atomic E-state index is -0.255. The molecule has 3 aromatic carbocycles. The molecule has 9 heteroatoms. The number of aromatic nitrogens is 5. The molecule has 1 amide bonds.